The summed E-state index contributed by atoms with van der Waals surface area (Å²) < 4.78 is 0. The van der Waals surface area contributed by atoms with E-state index < -0.39 is 7.92 Å². The van der Waals surface area contributed by atoms with Crippen LogP contribution >= 0.6 is 7.92 Å². The standard InChI is InChI=1S/C32H43P/c1-6-9-17-27-23-24-32(30(21-11-8-3)29(27)20-10-7-2)33(28-18-13-12-14-19-28)31-22-15-16-25(4)26(31)5/h12-16,18-19,22-24H,6-11,17,20-21H2,1-5H3. The Labute approximate surface area is 204 Å². The summed E-state index contributed by atoms with van der Waals surface area (Å²) in [7, 11) is -0.577. The van der Waals surface area contributed by atoms with Gasteiger partial charge in [-0.1, -0.05) is 101 Å². The highest BCUT2D eigenvalue weighted by Gasteiger charge is 2.24. The Kier molecular flexibility index (Phi) is 10.2. The van der Waals surface area contributed by atoms with Crippen molar-refractivity contribution in [3.63, 3.8) is 0 Å². The molecule has 1 heteroatoms. The van der Waals surface area contributed by atoms with E-state index in [9.17, 15) is 0 Å². The monoisotopic (exact) mass is 458 g/mol. The third-order valence-electron chi connectivity index (χ3n) is 6.94. The SMILES string of the molecule is CCCCc1ccc(P(c2ccccc2)c2cccc(C)c2C)c(CCCC)c1CCCC. The van der Waals surface area contributed by atoms with Crippen molar-refractivity contribution in [2.75, 3.05) is 0 Å². The topological polar surface area (TPSA) is 0 Å². The van der Waals surface area contributed by atoms with Crippen molar-refractivity contribution < 1.29 is 0 Å². The lowest BCUT2D eigenvalue weighted by Crippen LogP contribution is -2.27. The summed E-state index contributed by atoms with van der Waals surface area (Å²) >= 11 is 0. The van der Waals surface area contributed by atoms with Crippen LogP contribution in [-0.2, 0) is 19.3 Å². The first kappa shape index (κ1) is 25.7. The zero-order chi connectivity index (χ0) is 23.6. The van der Waals surface area contributed by atoms with Gasteiger partial charge in [0, 0.05) is 0 Å². The van der Waals surface area contributed by atoms with E-state index in [0.717, 1.165) is 0 Å². The molecule has 3 rings (SSSR count). The van der Waals surface area contributed by atoms with Crippen LogP contribution in [0.5, 0.6) is 0 Å². The number of hydrogen-bond acceptors (Lipinski definition) is 0. The lowest BCUT2D eigenvalue weighted by atomic mass is 9.91. The lowest BCUT2D eigenvalue weighted by molar-refractivity contribution is 0.737. The van der Waals surface area contributed by atoms with Crippen molar-refractivity contribution in [1.29, 1.82) is 0 Å². The van der Waals surface area contributed by atoms with Crippen molar-refractivity contribution in [2.45, 2.75) is 92.4 Å². The van der Waals surface area contributed by atoms with Gasteiger partial charge >= 0.3 is 0 Å². The maximum Gasteiger partial charge on any atom is -0.0116 e. The molecular formula is C32H43P. The Morgan fingerprint density at radius 2 is 1.21 bits per heavy atom. The molecule has 1 unspecified atom stereocenters. The fourth-order valence-electron chi connectivity index (χ4n) is 4.80. The van der Waals surface area contributed by atoms with Gasteiger partial charge in [-0.25, -0.2) is 0 Å². The summed E-state index contributed by atoms with van der Waals surface area (Å²) in [5.74, 6) is 0. The molecular weight excluding hydrogens is 415 g/mol. The average Bonchev–Trinajstić information content (AvgIpc) is 2.84. The van der Waals surface area contributed by atoms with Gasteiger partial charge < -0.3 is 0 Å². The predicted molar refractivity (Wildman–Crippen MR) is 150 cm³/mol. The zero-order valence-electron chi connectivity index (χ0n) is 21.6. The van der Waals surface area contributed by atoms with Gasteiger partial charge in [0.25, 0.3) is 0 Å². The summed E-state index contributed by atoms with van der Waals surface area (Å²) in [6.45, 7) is 11.6. The van der Waals surface area contributed by atoms with Gasteiger partial charge in [-0.05, 0) is 104 Å². The predicted octanol–water partition coefficient (Wildman–Crippen LogP) is 8.09. The quantitative estimate of drug-likeness (QED) is 0.241. The van der Waals surface area contributed by atoms with Crippen LogP contribution in [0.4, 0.5) is 0 Å². The molecule has 0 spiro atoms. The third kappa shape index (κ3) is 6.36. The molecule has 0 saturated carbocycles. The molecule has 0 amide bonds. The van der Waals surface area contributed by atoms with Crippen LogP contribution in [0.25, 0.3) is 0 Å². The second kappa shape index (κ2) is 13.1. The van der Waals surface area contributed by atoms with Gasteiger partial charge in [-0.15, -0.1) is 0 Å². The zero-order valence-corrected chi connectivity index (χ0v) is 22.5. The van der Waals surface area contributed by atoms with Crippen molar-refractivity contribution in [3.05, 3.63) is 88.5 Å². The van der Waals surface area contributed by atoms with Crippen LogP contribution in [0, 0.1) is 13.8 Å². The molecule has 0 bridgehead atoms. The second-order valence-corrected chi connectivity index (χ2v) is 11.6. The number of unbranched alkanes of at least 4 members (excludes halogenated alkanes) is 3. The fourth-order valence-corrected chi connectivity index (χ4v) is 7.57. The molecule has 176 valence electrons. The lowest BCUT2D eigenvalue weighted by Gasteiger charge is -2.27. The summed E-state index contributed by atoms with van der Waals surface area (Å²) in [6.07, 6.45) is 11.3. The van der Waals surface area contributed by atoms with E-state index in [1.165, 1.54) is 79.5 Å². The van der Waals surface area contributed by atoms with E-state index in [4.69, 9.17) is 0 Å². The van der Waals surface area contributed by atoms with Gasteiger partial charge in [0.15, 0.2) is 0 Å². The van der Waals surface area contributed by atoms with Crippen LogP contribution in [0.15, 0.2) is 60.7 Å². The Balaban J connectivity index is 2.26. The van der Waals surface area contributed by atoms with E-state index in [-0.39, 0.29) is 0 Å². The molecule has 0 aliphatic rings. The molecule has 0 nitrogen and oxygen atoms in total. The molecule has 0 aromatic heterocycles. The van der Waals surface area contributed by atoms with Gasteiger partial charge in [0.1, 0.15) is 0 Å². The van der Waals surface area contributed by atoms with Gasteiger partial charge in [0.2, 0.25) is 0 Å². The minimum Gasteiger partial charge on any atom is -0.0654 e. The highest BCUT2D eigenvalue weighted by Crippen LogP contribution is 2.38. The molecule has 0 aliphatic heterocycles. The van der Waals surface area contributed by atoms with Gasteiger partial charge in [-0.3, -0.25) is 0 Å². The maximum absolute atomic E-state index is 2.52. The van der Waals surface area contributed by atoms with Crippen LogP contribution in [0.3, 0.4) is 0 Å². The number of hydrogen-bond donors (Lipinski definition) is 0. The largest absolute Gasteiger partial charge is 0.0654 e. The first-order valence-electron chi connectivity index (χ1n) is 13.2. The molecule has 0 N–H and O–H groups in total. The van der Waals surface area contributed by atoms with Crippen LogP contribution in [0.1, 0.15) is 87.1 Å². The molecule has 0 heterocycles. The van der Waals surface area contributed by atoms with Crippen molar-refractivity contribution in [1.82, 2.24) is 0 Å². The van der Waals surface area contributed by atoms with E-state index in [1.807, 2.05) is 0 Å². The molecule has 0 aliphatic carbocycles. The molecule has 3 aromatic carbocycles. The van der Waals surface area contributed by atoms with Crippen LogP contribution in [0.2, 0.25) is 0 Å². The van der Waals surface area contributed by atoms with E-state index >= 15 is 0 Å². The Hall–Kier alpha value is -1.91. The minimum atomic E-state index is -0.577. The molecule has 0 fully saturated rings. The van der Waals surface area contributed by atoms with Crippen molar-refractivity contribution >= 4 is 23.8 Å². The number of rotatable bonds is 12. The Bertz CT molecular complexity index is 1000. The molecule has 0 radical (unpaired) electrons. The smallest absolute Gasteiger partial charge is 0.0116 e. The molecule has 3 aromatic rings. The van der Waals surface area contributed by atoms with Crippen molar-refractivity contribution in [3.8, 4) is 0 Å². The maximum atomic E-state index is 2.52. The number of benzene rings is 3. The van der Waals surface area contributed by atoms with E-state index in [2.05, 4.69) is 95.3 Å². The summed E-state index contributed by atoms with van der Waals surface area (Å²) in [6, 6.07) is 23.2. The van der Waals surface area contributed by atoms with Crippen molar-refractivity contribution in [2.24, 2.45) is 0 Å². The third-order valence-corrected chi connectivity index (χ3v) is 9.62. The number of aryl methyl sites for hydroxylation is 2. The highest BCUT2D eigenvalue weighted by atomic mass is 31.1. The summed E-state index contributed by atoms with van der Waals surface area (Å²) in [4.78, 5) is 0. The average molecular weight is 459 g/mol. The minimum absolute atomic E-state index is 0.577. The van der Waals surface area contributed by atoms with Crippen LogP contribution in [-0.4, -0.2) is 0 Å². The van der Waals surface area contributed by atoms with E-state index in [0.29, 0.717) is 0 Å². The molecule has 0 saturated heterocycles. The fraction of sp³-hybridized carbons (Fsp3) is 0.438. The summed E-state index contributed by atoms with van der Waals surface area (Å²) in [5.41, 5.74) is 7.83. The first-order valence-corrected chi connectivity index (χ1v) is 14.5. The van der Waals surface area contributed by atoms with E-state index in [1.54, 1.807) is 22.0 Å². The van der Waals surface area contributed by atoms with Gasteiger partial charge in [-0.2, -0.15) is 0 Å². The first-order chi connectivity index (χ1) is 16.1. The Morgan fingerprint density at radius 3 is 1.88 bits per heavy atom. The normalized spacial score (nSPS) is 12.2. The second-order valence-electron chi connectivity index (χ2n) is 9.40. The summed E-state index contributed by atoms with van der Waals surface area (Å²) in [5, 5.41) is 4.60. The van der Waals surface area contributed by atoms with Crippen LogP contribution < -0.4 is 15.9 Å². The molecule has 33 heavy (non-hydrogen) atoms. The molecule has 1 atom stereocenters. The van der Waals surface area contributed by atoms with Gasteiger partial charge in [0.05, 0.1) is 0 Å². The highest BCUT2D eigenvalue weighted by molar-refractivity contribution is 7.80. The Morgan fingerprint density at radius 1 is 0.576 bits per heavy atom.